The van der Waals surface area contributed by atoms with Gasteiger partial charge in [-0.2, -0.15) is 0 Å². The minimum Gasteiger partial charge on any atom is -0.413 e. The summed E-state index contributed by atoms with van der Waals surface area (Å²) in [7, 11) is 0.167. The van der Waals surface area contributed by atoms with Gasteiger partial charge >= 0.3 is 7.05 Å². The van der Waals surface area contributed by atoms with E-state index in [1.165, 1.54) is 5.56 Å². The predicted octanol–water partition coefficient (Wildman–Crippen LogP) is 1.85. The van der Waals surface area contributed by atoms with E-state index in [1.807, 2.05) is 12.9 Å². The van der Waals surface area contributed by atoms with E-state index in [-0.39, 0.29) is 13.2 Å². The van der Waals surface area contributed by atoms with Crippen LogP contribution < -0.4 is 5.23 Å². The van der Waals surface area contributed by atoms with Gasteiger partial charge in [0.15, 0.2) is 0 Å². The fourth-order valence-corrected chi connectivity index (χ4v) is 1.84. The molecule has 3 heteroatoms. The molecule has 0 bridgehead atoms. The quantitative estimate of drug-likeness (QED) is 0.657. The molecule has 1 heterocycles. The number of hydrogen-bond acceptors (Lipinski definition) is 2. The highest BCUT2D eigenvalue weighted by Crippen LogP contribution is 2.25. The van der Waals surface area contributed by atoms with Gasteiger partial charge in [-0.05, 0) is 19.3 Å². The lowest BCUT2D eigenvalue weighted by Crippen LogP contribution is -2.29. The summed E-state index contributed by atoms with van der Waals surface area (Å²) in [5.74, 6) is 0. The van der Waals surface area contributed by atoms with Gasteiger partial charge in [0.2, 0.25) is 0 Å². The van der Waals surface area contributed by atoms with Crippen molar-refractivity contribution in [3.8, 4) is 0 Å². The summed E-state index contributed by atoms with van der Waals surface area (Å²) in [5, 5.41) is 3.34. The molecule has 1 N–H and O–H groups in total. The lowest BCUT2D eigenvalue weighted by molar-refractivity contribution is 0.222. The van der Waals surface area contributed by atoms with Crippen LogP contribution in [-0.2, 0) is 4.65 Å². The van der Waals surface area contributed by atoms with E-state index < -0.39 is 0 Å². The highest BCUT2D eigenvalue weighted by molar-refractivity contribution is 6.48. The largest absolute Gasteiger partial charge is 0.413 e. The molecule has 13 heavy (non-hydrogen) atoms. The summed E-state index contributed by atoms with van der Waals surface area (Å²) in [5.41, 5.74) is 1.26. The molecule has 0 saturated carbocycles. The van der Waals surface area contributed by atoms with Crippen molar-refractivity contribution in [1.82, 2.24) is 5.23 Å². The Labute approximate surface area is 79.4 Å². The summed E-state index contributed by atoms with van der Waals surface area (Å²) >= 11 is 0. The molecule has 0 unspecified atom stereocenters. The van der Waals surface area contributed by atoms with Crippen LogP contribution in [0, 0.1) is 0 Å². The molecule has 0 spiro atoms. The summed E-state index contributed by atoms with van der Waals surface area (Å²) in [6.07, 6.45) is 0.205. The number of nitrogens with one attached hydrogen (secondary N) is 1. The molecular weight excluding hydrogens is 161 g/mol. The fraction of sp³-hybridized carbons (Fsp3) is 0.400. The fourth-order valence-electron chi connectivity index (χ4n) is 1.84. The zero-order valence-corrected chi connectivity index (χ0v) is 8.03. The van der Waals surface area contributed by atoms with Crippen molar-refractivity contribution in [3.63, 3.8) is 0 Å². The molecule has 0 amide bonds. The van der Waals surface area contributed by atoms with Gasteiger partial charge in [-0.15, -0.1) is 0 Å². The van der Waals surface area contributed by atoms with Crippen LogP contribution in [0.3, 0.4) is 0 Å². The summed E-state index contributed by atoms with van der Waals surface area (Å²) in [4.78, 5) is 0. The summed E-state index contributed by atoms with van der Waals surface area (Å²) in [6, 6.07) is 10.8. The third-order valence-corrected chi connectivity index (χ3v) is 2.43. The van der Waals surface area contributed by atoms with Crippen LogP contribution in [0.25, 0.3) is 0 Å². The number of hydrogen-bond donors (Lipinski definition) is 1. The molecule has 1 aliphatic rings. The first-order valence-electron chi connectivity index (χ1n) is 4.74. The molecule has 0 radical (unpaired) electrons. The smallest absolute Gasteiger partial charge is 0.377 e. The van der Waals surface area contributed by atoms with Crippen LogP contribution >= 0.6 is 0 Å². The van der Waals surface area contributed by atoms with E-state index in [2.05, 4.69) is 36.4 Å². The van der Waals surface area contributed by atoms with Crippen molar-refractivity contribution in [3.05, 3.63) is 35.9 Å². The van der Waals surface area contributed by atoms with Gasteiger partial charge in [-0.25, -0.2) is 0 Å². The maximum Gasteiger partial charge on any atom is 0.377 e. The SMILES string of the molecule is CB1N[C@@H](C)[C@@H](c2ccccc2)O1. The van der Waals surface area contributed by atoms with Crippen molar-refractivity contribution < 1.29 is 4.65 Å². The Morgan fingerprint density at radius 1 is 1.31 bits per heavy atom. The molecule has 2 atom stereocenters. The Morgan fingerprint density at radius 2 is 2.00 bits per heavy atom. The van der Waals surface area contributed by atoms with Crippen LogP contribution in [0.2, 0.25) is 6.82 Å². The van der Waals surface area contributed by atoms with Crippen molar-refractivity contribution >= 4 is 7.05 Å². The molecule has 0 aliphatic carbocycles. The Balaban J connectivity index is 2.18. The molecule has 2 rings (SSSR count). The Morgan fingerprint density at radius 3 is 2.54 bits per heavy atom. The van der Waals surface area contributed by atoms with Gasteiger partial charge in [0.1, 0.15) is 0 Å². The Kier molecular flexibility index (Phi) is 2.38. The predicted molar refractivity (Wildman–Crippen MR) is 54.5 cm³/mol. The van der Waals surface area contributed by atoms with Gasteiger partial charge in [0, 0.05) is 6.04 Å². The minimum absolute atomic E-state index is 0.167. The first-order valence-corrected chi connectivity index (χ1v) is 4.74. The minimum atomic E-state index is 0.167. The van der Waals surface area contributed by atoms with E-state index in [9.17, 15) is 0 Å². The van der Waals surface area contributed by atoms with Crippen molar-refractivity contribution in [2.45, 2.75) is 25.9 Å². The zero-order valence-electron chi connectivity index (χ0n) is 8.03. The Hall–Kier alpha value is -0.795. The van der Waals surface area contributed by atoms with E-state index in [0.717, 1.165) is 0 Å². The van der Waals surface area contributed by atoms with Crippen molar-refractivity contribution in [1.29, 1.82) is 0 Å². The monoisotopic (exact) mass is 175 g/mol. The second kappa shape index (κ2) is 3.52. The topological polar surface area (TPSA) is 21.3 Å². The second-order valence-electron chi connectivity index (χ2n) is 3.56. The van der Waals surface area contributed by atoms with Crippen molar-refractivity contribution in [2.24, 2.45) is 0 Å². The van der Waals surface area contributed by atoms with E-state index in [4.69, 9.17) is 4.65 Å². The average Bonchev–Trinajstić information content (AvgIpc) is 2.47. The standard InChI is InChI=1S/C10H14BNO/c1-8-10(13-11(2)12-8)9-6-4-3-5-7-9/h3-8,10,12H,1-2H3/t8-,10-/m0/s1. The molecule has 1 aromatic carbocycles. The van der Waals surface area contributed by atoms with Crippen LogP contribution in [0.4, 0.5) is 0 Å². The van der Waals surface area contributed by atoms with Gasteiger partial charge in [-0.1, -0.05) is 30.3 Å². The van der Waals surface area contributed by atoms with E-state index >= 15 is 0 Å². The Bertz CT molecular complexity index is 278. The van der Waals surface area contributed by atoms with Gasteiger partial charge in [0.05, 0.1) is 6.10 Å². The first-order chi connectivity index (χ1) is 6.27. The summed E-state index contributed by atoms with van der Waals surface area (Å²) < 4.78 is 5.75. The van der Waals surface area contributed by atoms with Gasteiger partial charge in [-0.3, -0.25) is 0 Å². The zero-order chi connectivity index (χ0) is 9.26. The number of benzene rings is 1. The van der Waals surface area contributed by atoms with Gasteiger partial charge in [0.25, 0.3) is 0 Å². The summed E-state index contributed by atoms with van der Waals surface area (Å²) in [6.45, 7) is 4.20. The maximum absolute atomic E-state index is 5.75. The maximum atomic E-state index is 5.75. The lowest BCUT2D eigenvalue weighted by atomic mass is 9.89. The van der Waals surface area contributed by atoms with Crippen LogP contribution in [-0.4, -0.2) is 13.1 Å². The molecular formula is C10H14BNO. The third-order valence-electron chi connectivity index (χ3n) is 2.43. The third kappa shape index (κ3) is 1.76. The molecule has 0 aromatic heterocycles. The normalized spacial score (nSPS) is 28.0. The first kappa shape index (κ1) is 8.79. The van der Waals surface area contributed by atoms with Crippen LogP contribution in [0.5, 0.6) is 0 Å². The molecule has 2 nitrogen and oxygen atoms in total. The van der Waals surface area contributed by atoms with Crippen LogP contribution in [0.15, 0.2) is 30.3 Å². The van der Waals surface area contributed by atoms with E-state index in [1.54, 1.807) is 0 Å². The number of rotatable bonds is 1. The van der Waals surface area contributed by atoms with E-state index in [0.29, 0.717) is 6.04 Å². The molecule has 1 fully saturated rings. The van der Waals surface area contributed by atoms with Gasteiger partial charge < -0.3 is 9.88 Å². The van der Waals surface area contributed by atoms with Crippen LogP contribution in [0.1, 0.15) is 18.6 Å². The highest BCUT2D eigenvalue weighted by atomic mass is 16.5. The molecule has 1 aliphatic heterocycles. The average molecular weight is 175 g/mol. The molecule has 1 saturated heterocycles. The highest BCUT2D eigenvalue weighted by Gasteiger charge is 2.32. The molecule has 68 valence electrons. The lowest BCUT2D eigenvalue weighted by Gasteiger charge is -2.15. The second-order valence-corrected chi connectivity index (χ2v) is 3.56. The molecule has 1 aromatic rings. The van der Waals surface area contributed by atoms with Crippen molar-refractivity contribution in [2.75, 3.05) is 0 Å².